The molecule has 20 heavy (non-hydrogen) atoms. The summed E-state index contributed by atoms with van der Waals surface area (Å²) in [5.74, 6) is 0. The maximum atomic E-state index is 11.8. The van der Waals surface area contributed by atoms with Crippen molar-refractivity contribution < 1.29 is 17.8 Å². The average Bonchev–Trinajstić information content (AvgIpc) is 2.29. The van der Waals surface area contributed by atoms with Crippen molar-refractivity contribution in [3.8, 4) is 0 Å². The van der Waals surface area contributed by atoms with Crippen molar-refractivity contribution in [2.24, 2.45) is 0 Å². The summed E-state index contributed by atoms with van der Waals surface area (Å²) in [7, 11) is -2.07. The van der Waals surface area contributed by atoms with Crippen LogP contribution in [0.15, 0.2) is 17.0 Å². The lowest BCUT2D eigenvalue weighted by atomic mass is 10.1. The summed E-state index contributed by atoms with van der Waals surface area (Å²) in [6, 6.07) is 2.80. The molecule has 0 saturated carbocycles. The predicted octanol–water partition coefficient (Wildman–Crippen LogP) is 1.85. The summed E-state index contributed by atoms with van der Waals surface area (Å²) < 4.78 is 35.8. The fourth-order valence-electron chi connectivity index (χ4n) is 1.57. The van der Waals surface area contributed by atoms with Gasteiger partial charge in [0.25, 0.3) is 5.24 Å². The quantitative estimate of drug-likeness (QED) is 0.595. The van der Waals surface area contributed by atoms with Crippen LogP contribution in [0.2, 0.25) is 5.02 Å². The number of rotatable bonds is 5. The van der Waals surface area contributed by atoms with Gasteiger partial charge in [0, 0.05) is 19.2 Å². The van der Waals surface area contributed by atoms with E-state index in [9.17, 15) is 17.8 Å². The van der Waals surface area contributed by atoms with E-state index < -0.39 is 26.4 Å². The lowest BCUT2D eigenvalue weighted by molar-refractivity contribution is 0.107. The highest BCUT2D eigenvalue weighted by molar-refractivity contribution is 7.91. The van der Waals surface area contributed by atoms with E-state index >= 15 is 0 Å². The van der Waals surface area contributed by atoms with Crippen molar-refractivity contribution in [3.63, 3.8) is 0 Å². The molecule has 0 spiro atoms. The Bertz CT molecular complexity index is 632. The Balaban J connectivity index is 3.44. The van der Waals surface area contributed by atoms with E-state index in [1.807, 2.05) is 0 Å². The molecule has 0 aliphatic rings. The van der Waals surface area contributed by atoms with Crippen LogP contribution >= 0.6 is 23.2 Å². The monoisotopic (exact) mass is 357 g/mol. The Morgan fingerprint density at radius 1 is 1.45 bits per heavy atom. The van der Waals surface area contributed by atoms with Gasteiger partial charge in [0.2, 0.25) is 10.0 Å². The molecule has 1 aromatic carbocycles. The molecular formula is C11H13Cl2NO4S2. The van der Waals surface area contributed by atoms with Crippen LogP contribution in [0, 0.1) is 0 Å². The molecule has 1 unspecified atom stereocenters. The first-order valence-corrected chi connectivity index (χ1v) is 9.48. The Morgan fingerprint density at radius 3 is 2.40 bits per heavy atom. The van der Waals surface area contributed by atoms with Crippen molar-refractivity contribution in [1.29, 1.82) is 0 Å². The molecule has 0 amide bonds. The van der Waals surface area contributed by atoms with Crippen molar-refractivity contribution in [2.75, 3.05) is 19.6 Å². The van der Waals surface area contributed by atoms with Gasteiger partial charge in [-0.15, -0.1) is 0 Å². The Hall–Kier alpha value is -0.310. The largest absolute Gasteiger partial charge is 0.612 e. The van der Waals surface area contributed by atoms with Crippen LogP contribution in [0.4, 0.5) is 0 Å². The third-order valence-electron chi connectivity index (χ3n) is 2.65. The van der Waals surface area contributed by atoms with E-state index in [-0.39, 0.29) is 22.0 Å². The molecule has 9 heteroatoms. The molecule has 0 radical (unpaired) electrons. The number of sulfonamides is 1. The standard InChI is InChI=1S/C11H13Cl2NO4S2/c1-14(20(3,17)18)6-8-9(12)5-4-7(11(13)15)10(8)19(2)16/h4-5H,6H2,1-3H3. The minimum absolute atomic E-state index is 0.0637. The van der Waals surface area contributed by atoms with E-state index in [1.54, 1.807) is 0 Å². The van der Waals surface area contributed by atoms with E-state index in [1.165, 1.54) is 25.4 Å². The van der Waals surface area contributed by atoms with E-state index in [4.69, 9.17) is 23.2 Å². The van der Waals surface area contributed by atoms with Crippen molar-refractivity contribution in [2.45, 2.75) is 11.4 Å². The second kappa shape index (κ2) is 6.64. The Morgan fingerprint density at radius 2 is 2.00 bits per heavy atom. The van der Waals surface area contributed by atoms with Crippen LogP contribution in [0.3, 0.4) is 0 Å². The van der Waals surface area contributed by atoms with Gasteiger partial charge in [-0.25, -0.2) is 12.7 Å². The Kier molecular flexibility index (Phi) is 5.89. The topological polar surface area (TPSA) is 77.5 Å². The number of carbonyl (C=O) groups is 1. The molecule has 0 N–H and O–H groups in total. The van der Waals surface area contributed by atoms with Gasteiger partial charge < -0.3 is 4.55 Å². The number of hydrogen-bond acceptors (Lipinski definition) is 4. The number of halogens is 2. The van der Waals surface area contributed by atoms with Crippen molar-refractivity contribution >= 4 is 49.6 Å². The average molecular weight is 358 g/mol. The van der Waals surface area contributed by atoms with Gasteiger partial charge in [-0.05, 0) is 34.9 Å². The normalized spacial score (nSPS) is 13.6. The van der Waals surface area contributed by atoms with Gasteiger partial charge in [-0.1, -0.05) is 11.6 Å². The zero-order valence-corrected chi connectivity index (χ0v) is 14.2. The number of carbonyl (C=O) groups excluding carboxylic acids is 1. The predicted molar refractivity (Wildman–Crippen MR) is 80.3 cm³/mol. The third kappa shape index (κ3) is 4.09. The molecule has 1 atom stereocenters. The first kappa shape index (κ1) is 17.7. The van der Waals surface area contributed by atoms with Gasteiger partial charge in [-0.2, -0.15) is 0 Å². The molecule has 0 heterocycles. The SMILES string of the molecule is CN(Cc1c(Cl)ccc(C(=O)Cl)c1[S+](C)[O-])S(C)(=O)=O. The highest BCUT2D eigenvalue weighted by atomic mass is 35.5. The lowest BCUT2D eigenvalue weighted by Gasteiger charge is -2.19. The summed E-state index contributed by atoms with van der Waals surface area (Å²) in [6.07, 6.45) is 2.42. The van der Waals surface area contributed by atoms with Crippen molar-refractivity contribution in [3.05, 3.63) is 28.3 Å². The minimum atomic E-state index is -3.44. The van der Waals surface area contributed by atoms with E-state index in [2.05, 4.69) is 0 Å². The summed E-state index contributed by atoms with van der Waals surface area (Å²) in [4.78, 5) is 11.5. The van der Waals surface area contributed by atoms with Crippen LogP contribution in [0.25, 0.3) is 0 Å². The number of benzene rings is 1. The zero-order chi connectivity index (χ0) is 15.7. The molecule has 0 fully saturated rings. The molecule has 1 rings (SSSR count). The van der Waals surface area contributed by atoms with E-state index in [0.717, 1.165) is 10.6 Å². The molecule has 0 bridgehead atoms. The summed E-state index contributed by atoms with van der Waals surface area (Å²) in [6.45, 7) is -0.0927. The summed E-state index contributed by atoms with van der Waals surface area (Å²) in [5.41, 5.74) is 0.376. The lowest BCUT2D eigenvalue weighted by Crippen LogP contribution is -2.26. The first-order chi connectivity index (χ1) is 9.05. The highest BCUT2D eigenvalue weighted by Gasteiger charge is 2.26. The molecule has 0 aromatic heterocycles. The van der Waals surface area contributed by atoms with Gasteiger partial charge in [0.1, 0.15) is 6.26 Å². The van der Waals surface area contributed by atoms with Crippen LogP contribution < -0.4 is 0 Å². The molecular weight excluding hydrogens is 345 g/mol. The fourth-order valence-corrected chi connectivity index (χ4v) is 3.42. The molecule has 0 saturated heterocycles. The second-order valence-electron chi connectivity index (χ2n) is 4.15. The van der Waals surface area contributed by atoms with Crippen molar-refractivity contribution in [1.82, 2.24) is 4.31 Å². The third-order valence-corrected chi connectivity index (χ3v) is 5.51. The smallest absolute Gasteiger partial charge is 0.257 e. The molecule has 5 nitrogen and oxygen atoms in total. The van der Waals surface area contributed by atoms with Crippen LogP contribution in [-0.2, 0) is 27.7 Å². The zero-order valence-electron chi connectivity index (χ0n) is 11.0. The molecule has 1 aromatic rings. The Labute approximate surface area is 131 Å². The number of nitrogens with zero attached hydrogens (tertiary/aromatic N) is 1. The minimum Gasteiger partial charge on any atom is -0.612 e. The van der Waals surface area contributed by atoms with Gasteiger partial charge in [0.15, 0.2) is 4.90 Å². The molecule has 0 aliphatic carbocycles. The summed E-state index contributed by atoms with van der Waals surface area (Å²) in [5, 5.41) is -0.539. The first-order valence-electron chi connectivity index (χ1n) is 5.31. The van der Waals surface area contributed by atoms with Crippen LogP contribution in [-0.4, -0.2) is 42.1 Å². The second-order valence-corrected chi connectivity index (χ2v) is 8.31. The fraction of sp³-hybridized carbons (Fsp3) is 0.364. The van der Waals surface area contributed by atoms with Crippen LogP contribution in [0.1, 0.15) is 15.9 Å². The summed E-state index contributed by atoms with van der Waals surface area (Å²) >= 11 is 9.95. The van der Waals surface area contributed by atoms with Gasteiger partial charge in [0.05, 0.1) is 16.8 Å². The highest BCUT2D eigenvalue weighted by Crippen LogP contribution is 2.30. The van der Waals surface area contributed by atoms with Gasteiger partial charge >= 0.3 is 0 Å². The van der Waals surface area contributed by atoms with E-state index in [0.29, 0.717) is 5.56 Å². The van der Waals surface area contributed by atoms with Gasteiger partial charge in [-0.3, -0.25) is 4.79 Å². The number of hydrogen-bond donors (Lipinski definition) is 0. The molecule has 0 aliphatic heterocycles. The molecule has 112 valence electrons. The maximum absolute atomic E-state index is 11.8. The van der Waals surface area contributed by atoms with Crippen LogP contribution in [0.5, 0.6) is 0 Å². The maximum Gasteiger partial charge on any atom is 0.257 e.